The minimum Gasteiger partial charge on any atom is -0.405 e. The third-order valence-electron chi connectivity index (χ3n) is 8.07. The molecular weight excluding hydrogens is 476 g/mol. The van der Waals surface area contributed by atoms with Crippen molar-refractivity contribution in [1.29, 1.82) is 0 Å². The smallest absolute Gasteiger partial charge is 0.261 e. The number of hydrogen-bond donors (Lipinski definition) is 1. The van der Waals surface area contributed by atoms with E-state index in [1.807, 2.05) is 13.8 Å². The second kappa shape index (κ2) is 11.5. The van der Waals surface area contributed by atoms with Gasteiger partial charge in [0.1, 0.15) is 0 Å². The van der Waals surface area contributed by atoms with E-state index in [2.05, 4.69) is 101 Å². The summed E-state index contributed by atoms with van der Waals surface area (Å²) in [6, 6.07) is 21.7. The number of aliphatic hydroxyl groups is 1. The van der Waals surface area contributed by atoms with E-state index in [9.17, 15) is 5.11 Å². The van der Waals surface area contributed by atoms with Gasteiger partial charge in [-0.3, -0.25) is 0 Å². The molecule has 2 fully saturated rings. The van der Waals surface area contributed by atoms with Gasteiger partial charge in [0.15, 0.2) is 5.79 Å². The second-order valence-electron chi connectivity index (χ2n) is 12.3. The topological polar surface area (TPSA) is 47.9 Å². The lowest BCUT2D eigenvalue weighted by atomic mass is 9.94. The molecule has 1 saturated heterocycles. The molecule has 0 amide bonds. The van der Waals surface area contributed by atoms with Crippen molar-refractivity contribution in [3.8, 4) is 0 Å². The van der Waals surface area contributed by atoms with Gasteiger partial charge >= 0.3 is 0 Å². The van der Waals surface area contributed by atoms with Crippen LogP contribution in [0.2, 0.25) is 5.04 Å². The molecular formula is C32H46O4Si. The van der Waals surface area contributed by atoms with E-state index >= 15 is 0 Å². The van der Waals surface area contributed by atoms with E-state index in [1.54, 1.807) is 0 Å². The van der Waals surface area contributed by atoms with Crippen LogP contribution in [0.1, 0.15) is 67.2 Å². The Morgan fingerprint density at radius 3 is 2.16 bits per heavy atom. The van der Waals surface area contributed by atoms with Crippen molar-refractivity contribution < 1.29 is 19.0 Å². The SMILES string of the molecule is C[C@@H](CCC/C=C/C1C[C@@H]2OC(C)(C)O[C@@H]2[C@H]1CO)O[Si](c1ccccc1)(c1ccccc1)C(C)(C)C. The Morgan fingerprint density at radius 2 is 1.62 bits per heavy atom. The van der Waals surface area contributed by atoms with Gasteiger partial charge in [-0.1, -0.05) is 93.6 Å². The Bertz CT molecular complexity index is 975. The fraction of sp³-hybridized carbons (Fsp3) is 0.562. The lowest BCUT2D eigenvalue weighted by molar-refractivity contribution is -0.160. The Kier molecular flexibility index (Phi) is 8.81. The van der Waals surface area contributed by atoms with E-state index in [0.717, 1.165) is 25.7 Å². The minimum absolute atomic E-state index is 0.00507. The highest BCUT2D eigenvalue weighted by Gasteiger charge is 2.52. The largest absolute Gasteiger partial charge is 0.405 e. The lowest BCUT2D eigenvalue weighted by Gasteiger charge is -2.44. The molecule has 1 heterocycles. The van der Waals surface area contributed by atoms with Crippen LogP contribution in [0.25, 0.3) is 0 Å². The predicted octanol–water partition coefficient (Wildman–Crippen LogP) is 5.83. The Hall–Kier alpha value is -1.76. The molecule has 1 unspecified atom stereocenters. The highest BCUT2D eigenvalue weighted by Crippen LogP contribution is 2.45. The van der Waals surface area contributed by atoms with E-state index in [4.69, 9.17) is 13.9 Å². The summed E-state index contributed by atoms with van der Waals surface area (Å²) in [6.45, 7) is 13.3. The Balaban J connectivity index is 1.39. The molecule has 202 valence electrons. The van der Waals surface area contributed by atoms with Crippen molar-refractivity contribution in [1.82, 2.24) is 0 Å². The molecule has 5 atom stereocenters. The zero-order chi connectivity index (χ0) is 26.7. The van der Waals surface area contributed by atoms with Crippen LogP contribution in [0.15, 0.2) is 72.8 Å². The van der Waals surface area contributed by atoms with Gasteiger partial charge in [-0.15, -0.1) is 0 Å². The Morgan fingerprint density at radius 1 is 1.03 bits per heavy atom. The number of fused-ring (bicyclic) bond motifs is 1. The quantitative estimate of drug-likeness (QED) is 0.242. The summed E-state index contributed by atoms with van der Waals surface area (Å²) in [5.74, 6) is -0.124. The van der Waals surface area contributed by atoms with Crippen LogP contribution in [-0.2, 0) is 13.9 Å². The highest BCUT2D eigenvalue weighted by molar-refractivity contribution is 6.99. The maximum Gasteiger partial charge on any atom is 0.261 e. The number of aliphatic hydroxyl groups excluding tert-OH is 1. The van der Waals surface area contributed by atoms with Crippen molar-refractivity contribution in [2.75, 3.05) is 6.61 Å². The first-order valence-corrected chi connectivity index (χ1v) is 15.9. The first-order valence-electron chi connectivity index (χ1n) is 14.0. The molecule has 1 N–H and O–H groups in total. The molecule has 0 spiro atoms. The van der Waals surface area contributed by atoms with Crippen LogP contribution < -0.4 is 10.4 Å². The molecule has 1 saturated carbocycles. The van der Waals surface area contributed by atoms with E-state index < -0.39 is 14.1 Å². The van der Waals surface area contributed by atoms with Crippen molar-refractivity contribution in [2.24, 2.45) is 11.8 Å². The summed E-state index contributed by atoms with van der Waals surface area (Å²) in [4.78, 5) is 0. The van der Waals surface area contributed by atoms with Crippen LogP contribution in [0.4, 0.5) is 0 Å². The van der Waals surface area contributed by atoms with Crippen molar-refractivity contribution in [2.45, 2.75) is 96.4 Å². The van der Waals surface area contributed by atoms with Crippen molar-refractivity contribution >= 4 is 18.7 Å². The second-order valence-corrected chi connectivity index (χ2v) is 16.6. The van der Waals surface area contributed by atoms with Crippen LogP contribution >= 0.6 is 0 Å². The molecule has 1 aliphatic heterocycles. The molecule has 2 aromatic carbocycles. The summed E-state index contributed by atoms with van der Waals surface area (Å²) in [5, 5.41) is 12.7. The molecule has 4 nitrogen and oxygen atoms in total. The molecule has 5 heteroatoms. The molecule has 4 rings (SSSR count). The summed E-state index contributed by atoms with van der Waals surface area (Å²) < 4.78 is 19.4. The molecule has 0 radical (unpaired) electrons. The van der Waals surface area contributed by atoms with Gasteiger partial charge in [0.2, 0.25) is 0 Å². The average Bonchev–Trinajstić information content (AvgIpc) is 3.33. The zero-order valence-corrected chi connectivity index (χ0v) is 24.5. The standard InChI is InChI=1S/C32H46O4Si/c1-24(16-10-7-11-17-25-22-29-30(28(25)23-33)35-32(5,6)34-29)36-37(31(2,3)4,26-18-12-8-13-19-26)27-20-14-9-15-21-27/h8-9,11-15,17-21,24-25,28-30,33H,7,10,16,22-23H2,1-6H3/b17-11+/t24-,25?,28-,29-,30+/m0/s1. The predicted molar refractivity (Wildman–Crippen MR) is 154 cm³/mol. The van der Waals surface area contributed by atoms with E-state index in [0.29, 0.717) is 5.92 Å². The van der Waals surface area contributed by atoms with E-state index in [1.165, 1.54) is 10.4 Å². The van der Waals surface area contributed by atoms with Gasteiger partial charge in [-0.2, -0.15) is 0 Å². The van der Waals surface area contributed by atoms with E-state index in [-0.39, 0.29) is 35.9 Å². The average molecular weight is 523 g/mol. The first kappa shape index (κ1) is 28.3. The van der Waals surface area contributed by atoms with Gasteiger partial charge in [0, 0.05) is 18.6 Å². The Labute approximate surface area is 225 Å². The van der Waals surface area contributed by atoms with Crippen LogP contribution in [0.3, 0.4) is 0 Å². The maximum atomic E-state index is 10.0. The van der Waals surface area contributed by atoms with Crippen LogP contribution in [0.5, 0.6) is 0 Å². The summed E-state index contributed by atoms with van der Waals surface area (Å²) in [5.41, 5.74) is 0. The summed E-state index contributed by atoms with van der Waals surface area (Å²) in [6.07, 6.45) is 8.81. The fourth-order valence-corrected chi connectivity index (χ4v) is 11.1. The molecule has 1 aliphatic carbocycles. The molecule has 37 heavy (non-hydrogen) atoms. The number of allylic oxidation sites excluding steroid dienone is 2. The minimum atomic E-state index is -2.51. The molecule has 2 aliphatic rings. The third-order valence-corrected chi connectivity index (χ3v) is 13.2. The van der Waals surface area contributed by atoms with Crippen LogP contribution in [0, 0.1) is 11.8 Å². The third kappa shape index (κ3) is 6.12. The number of ether oxygens (including phenoxy) is 2. The van der Waals surface area contributed by atoms with Crippen molar-refractivity contribution in [3.63, 3.8) is 0 Å². The normalized spacial score (nSPS) is 26.5. The fourth-order valence-electron chi connectivity index (χ4n) is 6.40. The lowest BCUT2D eigenvalue weighted by Crippen LogP contribution is -2.67. The molecule has 2 aromatic rings. The maximum absolute atomic E-state index is 10.0. The van der Waals surface area contributed by atoms with Gasteiger partial charge in [-0.25, -0.2) is 0 Å². The number of benzene rings is 2. The zero-order valence-electron chi connectivity index (χ0n) is 23.5. The van der Waals surface area contributed by atoms with Gasteiger partial charge in [-0.05, 0) is 67.8 Å². The number of rotatable bonds is 10. The first-order chi connectivity index (χ1) is 17.6. The van der Waals surface area contributed by atoms with Gasteiger partial charge in [0.25, 0.3) is 8.32 Å². The number of hydrogen-bond acceptors (Lipinski definition) is 4. The summed E-state index contributed by atoms with van der Waals surface area (Å²) >= 11 is 0. The molecule has 0 bridgehead atoms. The highest BCUT2D eigenvalue weighted by atomic mass is 28.4. The summed E-state index contributed by atoms with van der Waals surface area (Å²) in [7, 11) is -2.51. The van der Waals surface area contributed by atoms with Crippen LogP contribution in [-0.4, -0.2) is 44.1 Å². The number of unbranched alkanes of at least 4 members (excludes halogenated alkanes) is 1. The van der Waals surface area contributed by atoms with Gasteiger partial charge < -0.3 is 19.0 Å². The van der Waals surface area contributed by atoms with Gasteiger partial charge in [0.05, 0.1) is 12.2 Å². The molecule has 0 aromatic heterocycles. The van der Waals surface area contributed by atoms with Crippen molar-refractivity contribution in [3.05, 3.63) is 72.8 Å². The monoisotopic (exact) mass is 522 g/mol.